The molecular weight excluding hydrogens is 334 g/mol. The van der Waals surface area contributed by atoms with Crippen LogP contribution in [-0.2, 0) is 11.2 Å². The number of carbonyl (C=O) groups is 1. The Morgan fingerprint density at radius 2 is 1.70 bits per heavy atom. The van der Waals surface area contributed by atoms with E-state index < -0.39 is 0 Å². The van der Waals surface area contributed by atoms with Crippen molar-refractivity contribution in [1.82, 2.24) is 0 Å². The normalized spacial score (nSPS) is 22.2. The van der Waals surface area contributed by atoms with E-state index in [2.05, 4.69) is 32.0 Å². The molecule has 0 unspecified atom stereocenters. The maximum atomic E-state index is 12.5. The van der Waals surface area contributed by atoms with E-state index in [1.165, 1.54) is 37.7 Å². The van der Waals surface area contributed by atoms with Crippen molar-refractivity contribution in [3.63, 3.8) is 0 Å². The number of nitriles is 1. The highest BCUT2D eigenvalue weighted by molar-refractivity contribution is 5.75. The molecule has 3 nitrogen and oxygen atoms in total. The van der Waals surface area contributed by atoms with E-state index in [1.807, 2.05) is 12.1 Å². The van der Waals surface area contributed by atoms with Gasteiger partial charge in [0.05, 0.1) is 17.4 Å². The van der Waals surface area contributed by atoms with Crippen molar-refractivity contribution in [2.45, 2.75) is 90.9 Å². The van der Waals surface area contributed by atoms with Crippen LogP contribution in [0.1, 0.15) is 90.0 Å². The Bertz CT molecular complexity index is 606. The molecule has 0 aromatic heterocycles. The molecule has 0 bridgehead atoms. The molecule has 1 aromatic carbocycles. The van der Waals surface area contributed by atoms with Gasteiger partial charge in [-0.3, -0.25) is 4.79 Å². The van der Waals surface area contributed by atoms with Gasteiger partial charge >= 0.3 is 5.97 Å². The summed E-state index contributed by atoms with van der Waals surface area (Å²) >= 11 is 0. The first-order valence-corrected chi connectivity index (χ1v) is 10.8. The summed E-state index contributed by atoms with van der Waals surface area (Å²) in [7, 11) is 0. The average molecular weight is 370 g/mol. The second kappa shape index (κ2) is 11.1. The van der Waals surface area contributed by atoms with E-state index in [1.54, 1.807) is 0 Å². The van der Waals surface area contributed by atoms with Crippen LogP contribution in [-0.4, -0.2) is 5.97 Å². The molecule has 0 radical (unpaired) electrons. The summed E-state index contributed by atoms with van der Waals surface area (Å²) in [6.45, 7) is 4.39. The molecule has 0 atom stereocenters. The van der Waals surface area contributed by atoms with E-state index in [9.17, 15) is 10.1 Å². The highest BCUT2D eigenvalue weighted by Crippen LogP contribution is 2.42. The topological polar surface area (TPSA) is 50.1 Å². The van der Waals surface area contributed by atoms with Crippen molar-refractivity contribution in [2.24, 2.45) is 11.3 Å². The van der Waals surface area contributed by atoms with Crippen LogP contribution in [0.4, 0.5) is 0 Å². The van der Waals surface area contributed by atoms with Gasteiger partial charge in [-0.25, -0.2) is 0 Å². The first-order valence-electron chi connectivity index (χ1n) is 10.8. The van der Waals surface area contributed by atoms with Crippen LogP contribution in [0.15, 0.2) is 24.3 Å². The number of rotatable bonds is 10. The maximum Gasteiger partial charge on any atom is 0.314 e. The summed E-state index contributed by atoms with van der Waals surface area (Å²) < 4.78 is 5.61. The smallest absolute Gasteiger partial charge is 0.314 e. The zero-order chi connectivity index (χ0) is 19.5. The summed E-state index contributed by atoms with van der Waals surface area (Å²) in [5.41, 5.74) is 1.08. The predicted molar refractivity (Wildman–Crippen MR) is 109 cm³/mol. The van der Waals surface area contributed by atoms with Crippen LogP contribution >= 0.6 is 0 Å². The summed E-state index contributed by atoms with van der Waals surface area (Å²) in [6, 6.07) is 10.5. The Balaban J connectivity index is 1.81. The first-order chi connectivity index (χ1) is 13.1. The molecule has 148 valence electrons. The van der Waals surface area contributed by atoms with Gasteiger partial charge in [-0.2, -0.15) is 5.26 Å². The van der Waals surface area contributed by atoms with Crippen LogP contribution in [0.25, 0.3) is 0 Å². The number of hydrogen-bond acceptors (Lipinski definition) is 3. The van der Waals surface area contributed by atoms with Crippen molar-refractivity contribution in [3.05, 3.63) is 29.8 Å². The van der Waals surface area contributed by atoms with Gasteiger partial charge in [0.25, 0.3) is 0 Å². The first kappa shape index (κ1) is 21.5. The lowest BCUT2D eigenvalue weighted by atomic mass is 9.69. The molecular formula is C24H35NO2. The fourth-order valence-electron chi connectivity index (χ4n) is 4.04. The highest BCUT2D eigenvalue weighted by atomic mass is 16.5. The Labute approximate surface area is 165 Å². The molecule has 1 aromatic rings. The third-order valence-corrected chi connectivity index (χ3v) is 5.98. The number of hydrogen-bond donors (Lipinski definition) is 0. The van der Waals surface area contributed by atoms with E-state index in [0.717, 1.165) is 44.9 Å². The number of ether oxygens (including phenoxy) is 1. The van der Waals surface area contributed by atoms with E-state index in [4.69, 9.17) is 4.74 Å². The summed E-state index contributed by atoms with van der Waals surface area (Å²) in [5.74, 6) is 0.440. The van der Waals surface area contributed by atoms with Gasteiger partial charge in [-0.1, -0.05) is 58.1 Å². The number of aryl methyl sites for hydroxylation is 1. The Kier molecular flexibility index (Phi) is 8.85. The minimum Gasteiger partial charge on any atom is -0.426 e. The fourth-order valence-corrected chi connectivity index (χ4v) is 4.04. The van der Waals surface area contributed by atoms with Crippen molar-refractivity contribution >= 4 is 5.97 Å². The fraction of sp³-hybridized carbons (Fsp3) is 0.667. The van der Waals surface area contributed by atoms with Gasteiger partial charge in [0.1, 0.15) is 5.75 Å². The zero-order valence-electron chi connectivity index (χ0n) is 17.1. The number of benzene rings is 1. The van der Waals surface area contributed by atoms with E-state index >= 15 is 0 Å². The monoisotopic (exact) mass is 369 g/mol. The molecule has 0 amide bonds. The van der Waals surface area contributed by atoms with Crippen LogP contribution in [0.2, 0.25) is 0 Å². The molecule has 0 heterocycles. The Hall–Kier alpha value is -1.82. The SMILES string of the molecule is CCCCCc1ccc(OC(=O)[C@H]2CC[C@](C#N)(CCCCC)CC2)cc1. The summed E-state index contributed by atoms with van der Waals surface area (Å²) in [6.07, 6.45) is 12.4. The molecule has 27 heavy (non-hydrogen) atoms. The molecule has 0 saturated heterocycles. The lowest BCUT2D eigenvalue weighted by molar-refractivity contribution is -0.140. The van der Waals surface area contributed by atoms with Crippen molar-refractivity contribution in [2.75, 3.05) is 0 Å². The third-order valence-electron chi connectivity index (χ3n) is 5.98. The second-order valence-corrected chi connectivity index (χ2v) is 8.15. The van der Waals surface area contributed by atoms with Crippen LogP contribution in [0.5, 0.6) is 5.75 Å². The Morgan fingerprint density at radius 1 is 1.07 bits per heavy atom. The lowest BCUT2D eigenvalue weighted by Crippen LogP contribution is -2.31. The van der Waals surface area contributed by atoms with E-state index in [-0.39, 0.29) is 17.3 Å². The molecule has 1 saturated carbocycles. The standard InChI is InChI=1S/C24H35NO2/c1-3-5-7-9-20-10-12-22(13-11-20)27-23(26)21-14-17-24(19-25,18-15-21)16-8-6-4-2/h10-13,21H,3-9,14-18H2,1-2H3/t21-,24+. The predicted octanol–water partition coefficient (Wildman–Crippen LogP) is 6.61. The van der Waals surface area contributed by atoms with Gasteiger partial charge in [-0.05, 0) is 62.6 Å². The highest BCUT2D eigenvalue weighted by Gasteiger charge is 2.37. The lowest BCUT2D eigenvalue weighted by Gasteiger charge is -2.34. The summed E-state index contributed by atoms with van der Waals surface area (Å²) in [5, 5.41) is 9.64. The Morgan fingerprint density at radius 3 is 2.30 bits per heavy atom. The van der Waals surface area contributed by atoms with Gasteiger partial charge in [0.2, 0.25) is 0 Å². The van der Waals surface area contributed by atoms with Crippen molar-refractivity contribution in [1.29, 1.82) is 5.26 Å². The molecule has 1 fully saturated rings. The summed E-state index contributed by atoms with van der Waals surface area (Å²) in [4.78, 5) is 12.5. The number of nitrogens with zero attached hydrogens (tertiary/aromatic N) is 1. The van der Waals surface area contributed by atoms with Crippen LogP contribution in [0, 0.1) is 22.7 Å². The van der Waals surface area contributed by atoms with Crippen molar-refractivity contribution in [3.8, 4) is 11.8 Å². The quantitative estimate of drug-likeness (QED) is 0.265. The van der Waals surface area contributed by atoms with Crippen LogP contribution in [0.3, 0.4) is 0 Å². The van der Waals surface area contributed by atoms with Gasteiger partial charge < -0.3 is 4.74 Å². The minimum atomic E-state index is -0.216. The third kappa shape index (κ3) is 6.69. The average Bonchev–Trinajstić information content (AvgIpc) is 2.70. The number of esters is 1. The number of unbranched alkanes of at least 4 members (excludes halogenated alkanes) is 4. The molecule has 1 aliphatic rings. The number of carbonyl (C=O) groups excluding carboxylic acids is 1. The zero-order valence-corrected chi connectivity index (χ0v) is 17.1. The van der Waals surface area contributed by atoms with E-state index in [0.29, 0.717) is 5.75 Å². The van der Waals surface area contributed by atoms with Crippen molar-refractivity contribution < 1.29 is 9.53 Å². The molecule has 0 spiro atoms. The van der Waals surface area contributed by atoms with Gasteiger partial charge in [0.15, 0.2) is 0 Å². The molecule has 2 rings (SSSR count). The van der Waals surface area contributed by atoms with Gasteiger partial charge in [0, 0.05) is 0 Å². The molecule has 0 aliphatic heterocycles. The van der Waals surface area contributed by atoms with Gasteiger partial charge in [-0.15, -0.1) is 0 Å². The minimum absolute atomic E-state index is 0.0677. The van der Waals surface area contributed by atoms with Crippen LogP contribution < -0.4 is 4.74 Å². The second-order valence-electron chi connectivity index (χ2n) is 8.15. The largest absolute Gasteiger partial charge is 0.426 e. The molecule has 3 heteroatoms. The maximum absolute atomic E-state index is 12.5. The molecule has 1 aliphatic carbocycles. The molecule has 0 N–H and O–H groups in total.